The summed E-state index contributed by atoms with van der Waals surface area (Å²) >= 11 is 0. The first-order chi connectivity index (χ1) is 8.27. The van der Waals surface area contributed by atoms with Crippen LogP contribution in [0.2, 0.25) is 0 Å². The monoisotopic (exact) mass is 267 g/mol. The average molecular weight is 267 g/mol. The van der Waals surface area contributed by atoms with Crippen LogP contribution in [0.3, 0.4) is 0 Å². The lowest BCUT2D eigenvalue weighted by atomic mass is 10.2. The van der Waals surface area contributed by atoms with Gasteiger partial charge in [-0.3, -0.25) is 9.36 Å². The van der Waals surface area contributed by atoms with Crippen LogP contribution >= 0.6 is 0 Å². The second-order valence-electron chi connectivity index (χ2n) is 3.25. The first-order valence-corrected chi connectivity index (χ1v) is 4.87. The molecule has 1 rings (SSSR count). The van der Waals surface area contributed by atoms with Gasteiger partial charge in [0.25, 0.3) is 11.9 Å². The van der Waals surface area contributed by atoms with E-state index in [0.29, 0.717) is 12.1 Å². The van der Waals surface area contributed by atoms with Crippen LogP contribution in [0.4, 0.5) is 17.6 Å². The molecule has 1 atom stereocenters. The number of esters is 1. The minimum absolute atomic E-state index is 0.0425. The van der Waals surface area contributed by atoms with E-state index < -0.39 is 29.6 Å². The van der Waals surface area contributed by atoms with Crippen molar-refractivity contribution in [1.82, 2.24) is 4.57 Å². The number of pyridine rings is 1. The van der Waals surface area contributed by atoms with Gasteiger partial charge in [-0.2, -0.15) is 13.2 Å². The van der Waals surface area contributed by atoms with Gasteiger partial charge in [0.15, 0.2) is 0 Å². The highest BCUT2D eigenvalue weighted by molar-refractivity contribution is 5.72. The first-order valence-electron chi connectivity index (χ1n) is 4.87. The van der Waals surface area contributed by atoms with E-state index in [0.717, 1.165) is 0 Å². The maximum absolute atomic E-state index is 13.5. The molecule has 1 aromatic heterocycles. The zero-order valence-electron chi connectivity index (χ0n) is 9.20. The minimum Gasteiger partial charge on any atom is -0.462 e. The van der Waals surface area contributed by atoms with E-state index in [4.69, 9.17) is 0 Å². The van der Waals surface area contributed by atoms with Gasteiger partial charge in [-0.15, -0.1) is 0 Å². The number of carbonyl (C=O) groups is 1. The van der Waals surface area contributed by atoms with E-state index in [2.05, 4.69) is 4.74 Å². The molecule has 0 aliphatic heterocycles. The second-order valence-corrected chi connectivity index (χ2v) is 3.25. The van der Waals surface area contributed by atoms with Gasteiger partial charge in [0.2, 0.25) is 0 Å². The molecule has 1 heterocycles. The van der Waals surface area contributed by atoms with Crippen molar-refractivity contribution in [2.45, 2.75) is 19.4 Å². The topological polar surface area (TPSA) is 48.3 Å². The Bertz CT molecular complexity index is 495. The molecule has 18 heavy (non-hydrogen) atoms. The third kappa shape index (κ3) is 3.08. The predicted molar refractivity (Wildman–Crippen MR) is 52.5 cm³/mol. The Hall–Kier alpha value is -1.86. The van der Waals surface area contributed by atoms with Crippen LogP contribution in [0.5, 0.6) is 0 Å². The SMILES string of the molecule is CCOC(=O)C(F)n1cc(C(F)(F)F)ccc1=O. The van der Waals surface area contributed by atoms with Crippen molar-refractivity contribution in [2.75, 3.05) is 6.61 Å². The molecular formula is C10H9F4NO3. The lowest BCUT2D eigenvalue weighted by Crippen LogP contribution is -2.29. The van der Waals surface area contributed by atoms with Crippen LogP contribution in [0.1, 0.15) is 18.8 Å². The van der Waals surface area contributed by atoms with Crippen LogP contribution in [0.25, 0.3) is 0 Å². The molecule has 4 nitrogen and oxygen atoms in total. The van der Waals surface area contributed by atoms with Crippen LogP contribution in [-0.4, -0.2) is 17.1 Å². The summed E-state index contributed by atoms with van der Waals surface area (Å²) in [6.45, 7) is 1.26. The number of hydrogen-bond acceptors (Lipinski definition) is 3. The van der Waals surface area contributed by atoms with Gasteiger partial charge < -0.3 is 4.74 Å². The summed E-state index contributed by atoms with van der Waals surface area (Å²) < 4.78 is 54.9. The molecule has 0 aromatic carbocycles. The van der Waals surface area contributed by atoms with E-state index in [9.17, 15) is 27.2 Å². The summed E-state index contributed by atoms with van der Waals surface area (Å²) in [5, 5.41) is 0. The molecule has 8 heteroatoms. The number of aromatic nitrogens is 1. The highest BCUT2D eigenvalue weighted by atomic mass is 19.4. The normalized spacial score (nSPS) is 13.2. The molecule has 1 aromatic rings. The number of alkyl halides is 4. The molecule has 1 unspecified atom stereocenters. The van der Waals surface area contributed by atoms with Crippen LogP contribution < -0.4 is 5.56 Å². The third-order valence-electron chi connectivity index (χ3n) is 1.99. The first kappa shape index (κ1) is 14.2. The Morgan fingerprint density at radius 3 is 2.56 bits per heavy atom. The molecule has 0 saturated carbocycles. The van der Waals surface area contributed by atoms with E-state index in [1.807, 2.05) is 0 Å². The van der Waals surface area contributed by atoms with Gasteiger partial charge in [0.05, 0.1) is 12.2 Å². The smallest absolute Gasteiger partial charge is 0.417 e. The minimum atomic E-state index is -4.73. The Morgan fingerprint density at radius 1 is 1.44 bits per heavy atom. The molecule has 100 valence electrons. The highest BCUT2D eigenvalue weighted by Gasteiger charge is 2.32. The maximum atomic E-state index is 13.5. The summed E-state index contributed by atoms with van der Waals surface area (Å²) in [6, 6.07) is 1.05. The average Bonchev–Trinajstić information content (AvgIpc) is 2.27. The zero-order chi connectivity index (χ0) is 13.9. The van der Waals surface area contributed by atoms with E-state index in [-0.39, 0.29) is 17.4 Å². The largest absolute Gasteiger partial charge is 0.462 e. The zero-order valence-corrected chi connectivity index (χ0v) is 9.20. The summed E-state index contributed by atoms with van der Waals surface area (Å²) in [5.74, 6) is -1.42. The van der Waals surface area contributed by atoms with E-state index >= 15 is 0 Å². The number of hydrogen-bond donors (Lipinski definition) is 0. The molecule has 0 radical (unpaired) electrons. The summed E-state index contributed by atoms with van der Waals surface area (Å²) in [5.41, 5.74) is -2.29. The number of ether oxygens (including phenoxy) is 1. The number of rotatable bonds is 3. The quantitative estimate of drug-likeness (QED) is 0.620. The number of halogens is 4. The second kappa shape index (κ2) is 5.19. The molecule has 0 fully saturated rings. The van der Waals surface area contributed by atoms with Crippen molar-refractivity contribution in [1.29, 1.82) is 0 Å². The molecule has 0 N–H and O–H groups in total. The van der Waals surface area contributed by atoms with Crippen LogP contribution in [-0.2, 0) is 15.7 Å². The number of nitrogens with zero attached hydrogens (tertiary/aromatic N) is 1. The van der Waals surface area contributed by atoms with Crippen molar-refractivity contribution < 1.29 is 27.1 Å². The van der Waals surface area contributed by atoms with Crippen molar-refractivity contribution in [3.8, 4) is 0 Å². The lowest BCUT2D eigenvalue weighted by Gasteiger charge is -2.13. The summed E-state index contributed by atoms with van der Waals surface area (Å²) in [6.07, 6.45) is -7.09. The molecule has 0 aliphatic carbocycles. The van der Waals surface area contributed by atoms with Gasteiger partial charge in [-0.05, 0) is 13.0 Å². The number of carbonyl (C=O) groups excluding carboxylic acids is 1. The van der Waals surface area contributed by atoms with Gasteiger partial charge in [0, 0.05) is 12.3 Å². The van der Waals surface area contributed by atoms with Gasteiger partial charge in [0.1, 0.15) is 0 Å². The molecule has 0 amide bonds. The highest BCUT2D eigenvalue weighted by Crippen LogP contribution is 2.28. The molecule has 0 bridgehead atoms. The Morgan fingerprint density at radius 2 is 2.06 bits per heavy atom. The Kier molecular flexibility index (Phi) is 4.10. The molecule has 0 spiro atoms. The van der Waals surface area contributed by atoms with Crippen molar-refractivity contribution in [2.24, 2.45) is 0 Å². The summed E-state index contributed by atoms with van der Waals surface area (Å²) in [7, 11) is 0. The van der Waals surface area contributed by atoms with Gasteiger partial charge in [-0.1, -0.05) is 0 Å². The maximum Gasteiger partial charge on any atom is 0.417 e. The van der Waals surface area contributed by atoms with Crippen molar-refractivity contribution >= 4 is 5.97 Å². The lowest BCUT2D eigenvalue weighted by molar-refractivity contribution is -0.153. The van der Waals surface area contributed by atoms with Gasteiger partial charge in [-0.25, -0.2) is 9.18 Å². The Balaban J connectivity index is 3.16. The van der Waals surface area contributed by atoms with Crippen molar-refractivity contribution in [3.05, 3.63) is 34.2 Å². The fourth-order valence-electron chi connectivity index (χ4n) is 1.17. The van der Waals surface area contributed by atoms with E-state index in [1.165, 1.54) is 6.92 Å². The molecule has 0 saturated heterocycles. The van der Waals surface area contributed by atoms with E-state index in [1.54, 1.807) is 0 Å². The van der Waals surface area contributed by atoms with Crippen molar-refractivity contribution in [3.63, 3.8) is 0 Å². The third-order valence-corrected chi connectivity index (χ3v) is 1.99. The van der Waals surface area contributed by atoms with Crippen LogP contribution in [0.15, 0.2) is 23.1 Å². The fraction of sp³-hybridized carbons (Fsp3) is 0.400. The standard InChI is InChI=1S/C10H9F4NO3/c1-2-18-9(17)8(11)15-5-6(10(12,13)14)3-4-7(15)16/h3-5,8H,2H2,1H3. The fourth-order valence-corrected chi connectivity index (χ4v) is 1.17. The molecular weight excluding hydrogens is 258 g/mol. The molecule has 0 aliphatic rings. The predicted octanol–water partition coefficient (Wildman–Crippen LogP) is 1.90. The summed E-state index contributed by atoms with van der Waals surface area (Å²) in [4.78, 5) is 22.2. The van der Waals surface area contributed by atoms with Gasteiger partial charge >= 0.3 is 12.1 Å². The Labute approximate surface area is 98.8 Å². The van der Waals surface area contributed by atoms with Crippen LogP contribution in [0, 0.1) is 0 Å².